The van der Waals surface area contributed by atoms with Gasteiger partial charge < -0.3 is 15.4 Å². The second-order valence-corrected chi connectivity index (χ2v) is 14.8. The Hall–Kier alpha value is -3.43. The summed E-state index contributed by atoms with van der Waals surface area (Å²) in [5.41, 5.74) is 0.0353. The number of aromatic nitrogens is 4. The Balaban J connectivity index is 1.08. The van der Waals surface area contributed by atoms with E-state index in [2.05, 4.69) is 39.5 Å². The number of nitrogens with zero attached hydrogens (tertiary/aromatic N) is 4. The first-order valence-corrected chi connectivity index (χ1v) is 17.5. The van der Waals surface area contributed by atoms with Crippen molar-refractivity contribution in [1.82, 2.24) is 29.8 Å². The third-order valence-corrected chi connectivity index (χ3v) is 9.97. The van der Waals surface area contributed by atoms with E-state index in [1.165, 1.54) is 48.0 Å². The summed E-state index contributed by atoms with van der Waals surface area (Å²) in [5, 5.41) is 10.3. The number of alkyl halides is 3. The third-order valence-electron chi connectivity index (χ3n) is 8.45. The molecule has 3 aromatic rings. The van der Waals surface area contributed by atoms with Crippen molar-refractivity contribution in [3.8, 4) is 11.7 Å². The summed E-state index contributed by atoms with van der Waals surface area (Å²) in [6.45, 7) is 6.24. The van der Waals surface area contributed by atoms with E-state index in [9.17, 15) is 26.4 Å². The lowest BCUT2D eigenvalue weighted by molar-refractivity contribution is -0.151. The predicted molar refractivity (Wildman–Crippen MR) is 170 cm³/mol. The molecule has 0 bridgehead atoms. The SMILES string of the molecule is CC1(C)CC(CCCCCNc2cccc(S(=O)(=O)NC(=O)c3ccc(-n4ccc(OCCC5CC5C(F)(F)F)n4)nc3Cl)n2)CN1. The molecule has 0 radical (unpaired) electrons. The minimum atomic E-state index is -4.33. The molecule has 1 aliphatic heterocycles. The minimum Gasteiger partial charge on any atom is -0.477 e. The van der Waals surface area contributed by atoms with Crippen molar-refractivity contribution in [2.45, 2.75) is 75.5 Å². The molecule has 47 heavy (non-hydrogen) atoms. The summed E-state index contributed by atoms with van der Waals surface area (Å²) < 4.78 is 72.8. The Bertz CT molecular complexity index is 1670. The van der Waals surface area contributed by atoms with Crippen LogP contribution in [0.1, 0.15) is 69.2 Å². The van der Waals surface area contributed by atoms with Crippen LogP contribution in [-0.4, -0.2) is 65.5 Å². The Morgan fingerprint density at radius 2 is 1.94 bits per heavy atom. The average Bonchev–Trinajstić information content (AvgIpc) is 3.50. The van der Waals surface area contributed by atoms with Crippen molar-refractivity contribution in [3.05, 3.63) is 53.3 Å². The predicted octanol–water partition coefficient (Wildman–Crippen LogP) is 5.76. The van der Waals surface area contributed by atoms with Crippen LogP contribution in [0.25, 0.3) is 5.82 Å². The standard InChI is InChI=1S/C31H39ClF3N7O4S/c1-30(2)18-20(19-37-30)7-4-3-5-14-36-24-8-6-9-27(38-24)47(44,45)41-29(43)22-10-11-25(39-28(22)32)42-15-12-26(40-42)46-16-13-21-17-23(21)31(33,34)35/h6,8-12,15,20-21,23,37H,3-5,7,13-14,16-19H2,1-2H3,(H,36,38)(H,41,43). The number of hydrogen-bond acceptors (Lipinski definition) is 9. The Morgan fingerprint density at radius 3 is 2.64 bits per heavy atom. The lowest BCUT2D eigenvalue weighted by Gasteiger charge is -2.17. The van der Waals surface area contributed by atoms with Gasteiger partial charge in [-0.1, -0.05) is 30.5 Å². The molecule has 2 aliphatic rings. The molecule has 0 aromatic carbocycles. The number of pyridine rings is 2. The molecule has 1 amide bonds. The van der Waals surface area contributed by atoms with Crippen LogP contribution in [0.5, 0.6) is 5.88 Å². The highest BCUT2D eigenvalue weighted by molar-refractivity contribution is 7.90. The fourth-order valence-electron chi connectivity index (χ4n) is 5.85. The highest BCUT2D eigenvalue weighted by atomic mass is 35.5. The number of anilines is 1. The maximum atomic E-state index is 13.0. The van der Waals surface area contributed by atoms with Crippen LogP contribution in [-0.2, 0) is 10.0 Å². The van der Waals surface area contributed by atoms with E-state index in [4.69, 9.17) is 16.3 Å². The van der Waals surface area contributed by atoms with E-state index in [1.54, 1.807) is 12.1 Å². The van der Waals surface area contributed by atoms with Gasteiger partial charge in [0, 0.05) is 24.3 Å². The number of carbonyl (C=O) groups excluding carboxylic acids is 1. The molecule has 3 atom stereocenters. The zero-order valence-corrected chi connectivity index (χ0v) is 27.8. The molecular formula is C31H39ClF3N7O4S. The number of ether oxygens (including phenoxy) is 1. The van der Waals surface area contributed by atoms with E-state index in [-0.39, 0.29) is 52.4 Å². The number of hydrogen-bond donors (Lipinski definition) is 3. The van der Waals surface area contributed by atoms with Crippen LogP contribution in [0, 0.1) is 17.8 Å². The molecule has 256 valence electrons. The van der Waals surface area contributed by atoms with Crippen molar-refractivity contribution in [3.63, 3.8) is 0 Å². The van der Waals surface area contributed by atoms with E-state index in [0.29, 0.717) is 18.3 Å². The number of halogens is 4. The van der Waals surface area contributed by atoms with Gasteiger partial charge in [-0.3, -0.25) is 4.79 Å². The summed E-state index contributed by atoms with van der Waals surface area (Å²) >= 11 is 6.24. The molecule has 1 saturated carbocycles. The highest BCUT2D eigenvalue weighted by Gasteiger charge is 2.55. The van der Waals surface area contributed by atoms with E-state index >= 15 is 0 Å². The number of sulfonamides is 1. The van der Waals surface area contributed by atoms with Crippen LogP contribution >= 0.6 is 11.6 Å². The summed E-state index contributed by atoms with van der Waals surface area (Å²) in [6.07, 6.45) is 3.19. The number of nitrogens with one attached hydrogen (secondary N) is 3. The highest BCUT2D eigenvalue weighted by Crippen LogP contribution is 2.51. The van der Waals surface area contributed by atoms with E-state index < -0.39 is 33.9 Å². The van der Waals surface area contributed by atoms with Crippen LogP contribution in [0.15, 0.2) is 47.6 Å². The summed E-state index contributed by atoms with van der Waals surface area (Å²) in [7, 11) is -4.33. The molecule has 4 heterocycles. The van der Waals surface area contributed by atoms with Crippen molar-refractivity contribution in [2.75, 3.05) is 25.0 Å². The van der Waals surface area contributed by atoms with Gasteiger partial charge in [0.05, 0.1) is 18.1 Å². The largest absolute Gasteiger partial charge is 0.477 e. The molecule has 3 N–H and O–H groups in total. The van der Waals surface area contributed by atoms with Gasteiger partial charge in [-0.2, -0.15) is 21.6 Å². The van der Waals surface area contributed by atoms with Gasteiger partial charge in [-0.25, -0.2) is 19.4 Å². The first kappa shape index (κ1) is 34.9. The Kier molecular flexibility index (Phi) is 10.7. The number of rotatable bonds is 15. The lowest BCUT2D eigenvalue weighted by atomic mass is 9.93. The van der Waals surface area contributed by atoms with Gasteiger partial charge in [-0.15, -0.1) is 5.10 Å². The van der Waals surface area contributed by atoms with Gasteiger partial charge >= 0.3 is 6.18 Å². The van der Waals surface area contributed by atoms with Crippen LogP contribution in [0.2, 0.25) is 5.15 Å². The maximum absolute atomic E-state index is 13.0. The van der Waals surface area contributed by atoms with Crippen molar-refractivity contribution < 1.29 is 31.1 Å². The summed E-state index contributed by atoms with van der Waals surface area (Å²) in [5.74, 6) is -1.20. The molecule has 2 fully saturated rings. The molecule has 16 heteroatoms. The number of unbranched alkanes of at least 4 members (excludes halogenated alkanes) is 2. The smallest absolute Gasteiger partial charge is 0.392 e. The van der Waals surface area contributed by atoms with Gasteiger partial charge in [0.15, 0.2) is 10.8 Å². The van der Waals surface area contributed by atoms with Gasteiger partial charge in [-0.05, 0) is 88.6 Å². The van der Waals surface area contributed by atoms with Gasteiger partial charge in [0.1, 0.15) is 11.0 Å². The average molecular weight is 698 g/mol. The Labute approximate surface area is 277 Å². The summed E-state index contributed by atoms with van der Waals surface area (Å²) in [6, 6.07) is 8.72. The lowest BCUT2D eigenvalue weighted by Crippen LogP contribution is -2.31. The van der Waals surface area contributed by atoms with E-state index in [1.807, 2.05) is 4.72 Å². The molecule has 3 aromatic heterocycles. The molecular weight excluding hydrogens is 659 g/mol. The molecule has 1 aliphatic carbocycles. The molecule has 3 unspecified atom stereocenters. The number of carbonyl (C=O) groups is 1. The van der Waals surface area contributed by atoms with Crippen molar-refractivity contribution in [1.29, 1.82) is 0 Å². The zero-order chi connectivity index (χ0) is 33.8. The molecule has 11 nitrogen and oxygen atoms in total. The van der Waals surface area contributed by atoms with Crippen molar-refractivity contribution >= 4 is 33.3 Å². The van der Waals surface area contributed by atoms with Crippen LogP contribution in [0.4, 0.5) is 19.0 Å². The monoisotopic (exact) mass is 697 g/mol. The topological polar surface area (TPSA) is 140 Å². The van der Waals surface area contributed by atoms with Gasteiger partial charge in [0.2, 0.25) is 5.88 Å². The molecule has 5 rings (SSSR count). The van der Waals surface area contributed by atoms with Crippen LogP contribution in [0.3, 0.4) is 0 Å². The second kappa shape index (κ2) is 14.4. The first-order chi connectivity index (χ1) is 22.2. The maximum Gasteiger partial charge on any atom is 0.392 e. The minimum absolute atomic E-state index is 0.0846. The Morgan fingerprint density at radius 1 is 1.13 bits per heavy atom. The third kappa shape index (κ3) is 9.57. The number of amides is 1. The summed E-state index contributed by atoms with van der Waals surface area (Å²) in [4.78, 5) is 21.2. The fourth-order valence-corrected chi connectivity index (χ4v) is 7.02. The first-order valence-electron chi connectivity index (χ1n) is 15.7. The second-order valence-electron chi connectivity index (χ2n) is 12.8. The van der Waals surface area contributed by atoms with E-state index in [0.717, 1.165) is 25.8 Å². The van der Waals surface area contributed by atoms with Crippen LogP contribution < -0.4 is 20.1 Å². The molecule has 1 saturated heterocycles. The van der Waals surface area contributed by atoms with Gasteiger partial charge in [0.25, 0.3) is 15.9 Å². The normalized spacial score (nSPS) is 20.6. The van der Waals surface area contributed by atoms with Crippen molar-refractivity contribution in [2.24, 2.45) is 17.8 Å². The molecule has 0 spiro atoms. The fraction of sp³-hybridized carbons (Fsp3) is 0.548. The quantitative estimate of drug-likeness (QED) is 0.134. The zero-order valence-electron chi connectivity index (χ0n) is 26.2.